The first kappa shape index (κ1) is 14.3. The lowest BCUT2D eigenvalue weighted by Crippen LogP contribution is -2.35. The summed E-state index contributed by atoms with van der Waals surface area (Å²) in [5.41, 5.74) is 0.0358. The van der Waals surface area contributed by atoms with Crippen LogP contribution in [0.15, 0.2) is 15.6 Å². The lowest BCUT2D eigenvalue weighted by atomic mass is 10.4. The third-order valence-electron chi connectivity index (χ3n) is 1.63. The second-order valence-corrected chi connectivity index (χ2v) is 4.10. The van der Waals surface area contributed by atoms with Gasteiger partial charge in [-0.25, -0.2) is 4.99 Å². The van der Waals surface area contributed by atoms with Crippen molar-refractivity contribution in [3.63, 3.8) is 0 Å². The molecule has 0 heterocycles. The average Bonchev–Trinajstić information content (AvgIpc) is 2.23. The second kappa shape index (κ2) is 6.76. The summed E-state index contributed by atoms with van der Waals surface area (Å²) in [6.07, 6.45) is 1.79. The minimum Gasteiger partial charge on any atom is -0.349 e. The summed E-state index contributed by atoms with van der Waals surface area (Å²) in [4.78, 5) is 7.95. The van der Waals surface area contributed by atoms with Gasteiger partial charge in [0, 0.05) is 28.2 Å². The van der Waals surface area contributed by atoms with Crippen LogP contribution in [0.25, 0.3) is 0 Å². The summed E-state index contributed by atoms with van der Waals surface area (Å²) in [7, 11) is 7.43. The highest BCUT2D eigenvalue weighted by molar-refractivity contribution is 8.02. The van der Waals surface area contributed by atoms with Crippen molar-refractivity contribution in [2.24, 2.45) is 4.99 Å². The van der Waals surface area contributed by atoms with Gasteiger partial charge < -0.3 is 9.80 Å². The van der Waals surface area contributed by atoms with E-state index in [4.69, 9.17) is 10.5 Å². The molecule has 0 saturated carbocycles. The normalized spacial score (nSPS) is 8.44. The first-order chi connectivity index (χ1) is 7.47. The van der Waals surface area contributed by atoms with E-state index in [0.717, 1.165) is 0 Å². The van der Waals surface area contributed by atoms with Crippen LogP contribution < -0.4 is 0 Å². The van der Waals surface area contributed by atoms with E-state index in [1.54, 1.807) is 6.26 Å². The topological polar surface area (TPSA) is 66.4 Å². The first-order valence-corrected chi connectivity index (χ1v) is 5.72. The highest BCUT2D eigenvalue weighted by atomic mass is 32.2. The lowest BCUT2D eigenvalue weighted by Gasteiger charge is -2.22. The molecule has 0 bridgehead atoms. The first-order valence-electron chi connectivity index (χ1n) is 4.49. The Kier molecular flexibility index (Phi) is 6.06. The van der Waals surface area contributed by atoms with Crippen LogP contribution in [-0.4, -0.2) is 50.2 Å². The third kappa shape index (κ3) is 3.84. The predicted molar refractivity (Wildman–Crippen MR) is 66.6 cm³/mol. The van der Waals surface area contributed by atoms with Crippen molar-refractivity contribution in [2.75, 3.05) is 34.4 Å². The fraction of sp³-hybridized carbons (Fsp3) is 0.500. The van der Waals surface area contributed by atoms with Crippen molar-refractivity contribution >= 4 is 17.7 Å². The van der Waals surface area contributed by atoms with Crippen molar-refractivity contribution in [2.45, 2.75) is 0 Å². The number of nitrogens with zero attached hydrogens (tertiary/aromatic N) is 5. The molecule has 0 aliphatic heterocycles. The van der Waals surface area contributed by atoms with Gasteiger partial charge in [-0.2, -0.15) is 10.5 Å². The molecule has 0 aliphatic carbocycles. The van der Waals surface area contributed by atoms with Gasteiger partial charge in [-0.3, -0.25) is 0 Å². The van der Waals surface area contributed by atoms with E-state index in [9.17, 15) is 0 Å². The minimum atomic E-state index is 0.0358. The van der Waals surface area contributed by atoms with Crippen LogP contribution in [0.2, 0.25) is 0 Å². The predicted octanol–water partition coefficient (Wildman–Crippen LogP) is 1.09. The summed E-state index contributed by atoms with van der Waals surface area (Å²) in [5.74, 6) is 0.687. The molecule has 6 heteroatoms. The zero-order chi connectivity index (χ0) is 12.7. The maximum atomic E-state index is 8.78. The molecule has 0 spiro atoms. The number of hydrogen-bond donors (Lipinski definition) is 0. The van der Waals surface area contributed by atoms with Gasteiger partial charge in [-0.1, -0.05) is 0 Å². The van der Waals surface area contributed by atoms with Gasteiger partial charge in [-0.15, -0.1) is 11.8 Å². The summed E-state index contributed by atoms with van der Waals surface area (Å²) >= 11 is 1.28. The van der Waals surface area contributed by atoms with Crippen LogP contribution in [0.4, 0.5) is 0 Å². The quantitative estimate of drug-likeness (QED) is 0.408. The van der Waals surface area contributed by atoms with Crippen molar-refractivity contribution in [3.8, 4) is 12.1 Å². The molecule has 0 radical (unpaired) electrons. The van der Waals surface area contributed by atoms with Gasteiger partial charge in [0.2, 0.25) is 5.96 Å². The van der Waals surface area contributed by atoms with Crippen LogP contribution >= 0.6 is 11.8 Å². The van der Waals surface area contributed by atoms with Gasteiger partial charge >= 0.3 is 0 Å². The Morgan fingerprint density at radius 2 is 1.50 bits per heavy atom. The number of allylic oxidation sites excluding steroid dienone is 1. The minimum absolute atomic E-state index is 0.0358. The molecular formula is C10H15N5S. The SMILES string of the molecule is CSC(N=C(N(C)C)N(C)C)=C(C#N)C#N. The molecule has 0 saturated heterocycles. The zero-order valence-corrected chi connectivity index (χ0v) is 11.0. The van der Waals surface area contributed by atoms with Gasteiger partial charge in [0.25, 0.3) is 0 Å². The Balaban J connectivity index is 5.48. The van der Waals surface area contributed by atoms with E-state index in [-0.39, 0.29) is 5.57 Å². The van der Waals surface area contributed by atoms with Crippen LogP contribution in [0, 0.1) is 22.7 Å². The summed E-state index contributed by atoms with van der Waals surface area (Å²) in [5, 5.41) is 18.0. The standard InChI is InChI=1S/C10H15N5S/c1-14(2)10(15(3)4)13-9(16-5)8(6-11)7-12/h1-5H3. The lowest BCUT2D eigenvalue weighted by molar-refractivity contribution is 0.483. The molecule has 0 aromatic carbocycles. The molecule has 0 unspecified atom stereocenters. The fourth-order valence-corrected chi connectivity index (χ4v) is 1.48. The van der Waals surface area contributed by atoms with Crippen LogP contribution in [0.5, 0.6) is 0 Å². The Bertz CT molecular complexity index is 355. The number of thioether (sulfide) groups is 1. The number of guanidine groups is 1. The summed E-state index contributed by atoms with van der Waals surface area (Å²) in [6, 6.07) is 3.68. The van der Waals surface area contributed by atoms with Gasteiger partial charge in [0.05, 0.1) is 0 Å². The van der Waals surface area contributed by atoms with E-state index in [1.807, 2.05) is 50.1 Å². The van der Waals surface area contributed by atoms with Crippen molar-refractivity contribution < 1.29 is 0 Å². The highest BCUT2D eigenvalue weighted by Gasteiger charge is 2.09. The van der Waals surface area contributed by atoms with Crippen molar-refractivity contribution in [1.82, 2.24) is 9.80 Å². The maximum Gasteiger partial charge on any atom is 0.201 e. The number of nitriles is 2. The van der Waals surface area contributed by atoms with E-state index in [2.05, 4.69) is 4.99 Å². The van der Waals surface area contributed by atoms with Crippen LogP contribution in [0.1, 0.15) is 0 Å². The molecule has 86 valence electrons. The molecule has 0 amide bonds. The Labute approximate surface area is 101 Å². The molecule has 0 atom stereocenters. The monoisotopic (exact) mass is 237 g/mol. The van der Waals surface area contributed by atoms with Gasteiger partial charge in [0.1, 0.15) is 17.2 Å². The van der Waals surface area contributed by atoms with Gasteiger partial charge in [-0.05, 0) is 6.26 Å². The van der Waals surface area contributed by atoms with Crippen LogP contribution in [0.3, 0.4) is 0 Å². The fourth-order valence-electron chi connectivity index (χ4n) is 1.02. The molecule has 0 aliphatic rings. The second-order valence-electron chi connectivity index (χ2n) is 3.31. The maximum absolute atomic E-state index is 8.78. The van der Waals surface area contributed by atoms with Gasteiger partial charge in [0.15, 0.2) is 5.57 Å². The molecule has 0 fully saturated rings. The van der Waals surface area contributed by atoms with E-state index >= 15 is 0 Å². The largest absolute Gasteiger partial charge is 0.349 e. The Morgan fingerprint density at radius 3 is 1.75 bits per heavy atom. The molecule has 0 aromatic heterocycles. The summed E-state index contributed by atoms with van der Waals surface area (Å²) in [6.45, 7) is 0. The average molecular weight is 237 g/mol. The van der Waals surface area contributed by atoms with Crippen LogP contribution in [-0.2, 0) is 0 Å². The molecule has 0 aromatic rings. The molecule has 0 N–H and O–H groups in total. The number of hydrogen-bond acceptors (Lipinski definition) is 4. The Morgan fingerprint density at radius 1 is 1.06 bits per heavy atom. The highest BCUT2D eigenvalue weighted by Crippen LogP contribution is 2.18. The Hall–Kier alpha value is -1.66. The zero-order valence-electron chi connectivity index (χ0n) is 10.1. The third-order valence-corrected chi connectivity index (χ3v) is 2.31. The van der Waals surface area contributed by atoms with E-state index < -0.39 is 0 Å². The molecule has 16 heavy (non-hydrogen) atoms. The van der Waals surface area contributed by atoms with Crippen molar-refractivity contribution in [3.05, 3.63) is 10.6 Å². The number of rotatable bonds is 2. The van der Waals surface area contributed by atoms with E-state index in [1.165, 1.54) is 11.8 Å². The van der Waals surface area contributed by atoms with E-state index in [0.29, 0.717) is 11.0 Å². The summed E-state index contributed by atoms with van der Waals surface area (Å²) < 4.78 is 0. The van der Waals surface area contributed by atoms with Crippen molar-refractivity contribution in [1.29, 1.82) is 10.5 Å². The smallest absolute Gasteiger partial charge is 0.201 e. The molecular weight excluding hydrogens is 222 g/mol. The number of aliphatic imine (C=N–C) groups is 1. The molecule has 5 nitrogen and oxygen atoms in total. The molecule has 0 rings (SSSR count).